The minimum absolute atomic E-state index is 0.170. The zero-order valence-corrected chi connectivity index (χ0v) is 16.8. The molecule has 0 fully saturated rings. The quantitative estimate of drug-likeness (QED) is 0.463. The molecule has 0 saturated heterocycles. The van der Waals surface area contributed by atoms with E-state index in [2.05, 4.69) is 15.3 Å². The van der Waals surface area contributed by atoms with Gasteiger partial charge in [-0.1, -0.05) is 35.9 Å². The Hall–Kier alpha value is -3.99. The van der Waals surface area contributed by atoms with Gasteiger partial charge in [0.05, 0.1) is 0 Å². The van der Waals surface area contributed by atoms with Gasteiger partial charge >= 0.3 is 0 Å². The molecule has 1 N–H and O–H groups in total. The minimum atomic E-state index is -0.170. The van der Waals surface area contributed by atoms with Gasteiger partial charge in [-0.25, -0.2) is 4.98 Å². The molecule has 1 amide bonds. The number of amides is 1. The van der Waals surface area contributed by atoms with Crippen molar-refractivity contribution in [2.24, 2.45) is 0 Å². The Bertz CT molecular complexity index is 1190. The number of ether oxygens (including phenoxy) is 1. The molecule has 0 bridgehead atoms. The van der Waals surface area contributed by atoms with Crippen molar-refractivity contribution in [3.8, 4) is 23.0 Å². The Labute approximate surface area is 175 Å². The predicted molar refractivity (Wildman–Crippen MR) is 118 cm³/mol. The zero-order valence-electron chi connectivity index (χ0n) is 16.8. The second kappa shape index (κ2) is 8.57. The van der Waals surface area contributed by atoms with Gasteiger partial charge in [-0.05, 0) is 61.9 Å². The highest BCUT2D eigenvalue weighted by molar-refractivity contribution is 6.04. The van der Waals surface area contributed by atoms with Gasteiger partial charge in [0.25, 0.3) is 5.91 Å². The van der Waals surface area contributed by atoms with Crippen LogP contribution in [0, 0.1) is 13.8 Å². The molecule has 0 aliphatic heterocycles. The molecular formula is C25H21N3O2. The Kier molecular flexibility index (Phi) is 5.52. The van der Waals surface area contributed by atoms with Crippen molar-refractivity contribution in [1.29, 1.82) is 0 Å². The standard InChI is InChI=1S/C25H21N3O2/c1-17-5-3-7-20(15-17)24-26-14-13-23(28-24)30-22-11-9-19(10-12-22)25(29)27-21-8-4-6-18(2)16-21/h3-16H,1-2H3,(H,27,29). The number of benzene rings is 3. The molecule has 0 unspecified atom stereocenters. The SMILES string of the molecule is Cc1cccc(NC(=O)c2ccc(Oc3ccnc(-c4cccc(C)c4)n3)cc2)c1. The number of hydrogen-bond acceptors (Lipinski definition) is 4. The first-order valence-electron chi connectivity index (χ1n) is 9.63. The first-order valence-corrected chi connectivity index (χ1v) is 9.63. The van der Waals surface area contributed by atoms with E-state index < -0.39 is 0 Å². The van der Waals surface area contributed by atoms with E-state index in [1.807, 2.05) is 62.4 Å². The molecular weight excluding hydrogens is 374 g/mol. The van der Waals surface area contributed by atoms with Gasteiger partial charge in [0.15, 0.2) is 5.82 Å². The predicted octanol–water partition coefficient (Wildman–Crippen LogP) is 5.81. The minimum Gasteiger partial charge on any atom is -0.439 e. The zero-order chi connectivity index (χ0) is 20.9. The second-order valence-electron chi connectivity index (χ2n) is 7.04. The molecule has 1 heterocycles. The van der Waals surface area contributed by atoms with Gasteiger partial charge in [-0.15, -0.1) is 0 Å². The van der Waals surface area contributed by atoms with Crippen molar-refractivity contribution in [3.63, 3.8) is 0 Å². The fourth-order valence-electron chi connectivity index (χ4n) is 3.04. The Morgan fingerprint density at radius 3 is 2.33 bits per heavy atom. The fraction of sp³-hybridized carbons (Fsp3) is 0.0800. The summed E-state index contributed by atoms with van der Waals surface area (Å²) in [5.74, 6) is 1.47. The molecule has 0 radical (unpaired) electrons. The van der Waals surface area contributed by atoms with Gasteiger partial charge < -0.3 is 10.1 Å². The lowest BCUT2D eigenvalue weighted by atomic mass is 10.1. The molecule has 0 aliphatic rings. The number of nitrogens with one attached hydrogen (secondary N) is 1. The van der Waals surface area contributed by atoms with E-state index in [4.69, 9.17) is 4.74 Å². The number of carbonyl (C=O) groups excluding carboxylic acids is 1. The van der Waals surface area contributed by atoms with Crippen LogP contribution < -0.4 is 10.1 Å². The summed E-state index contributed by atoms with van der Waals surface area (Å²) >= 11 is 0. The van der Waals surface area contributed by atoms with Crippen LogP contribution in [0.3, 0.4) is 0 Å². The summed E-state index contributed by atoms with van der Waals surface area (Å²) < 4.78 is 5.86. The van der Waals surface area contributed by atoms with Crippen molar-refractivity contribution < 1.29 is 9.53 Å². The summed E-state index contributed by atoms with van der Waals surface area (Å²) in [5.41, 5.74) is 4.48. The number of aromatic nitrogens is 2. The van der Waals surface area contributed by atoms with E-state index in [9.17, 15) is 4.79 Å². The lowest BCUT2D eigenvalue weighted by Gasteiger charge is -2.08. The summed E-state index contributed by atoms with van der Waals surface area (Å²) in [6, 6.07) is 24.3. The molecule has 0 aliphatic carbocycles. The molecule has 148 valence electrons. The van der Waals surface area contributed by atoms with E-state index in [1.54, 1.807) is 36.5 Å². The lowest BCUT2D eigenvalue weighted by molar-refractivity contribution is 0.102. The summed E-state index contributed by atoms with van der Waals surface area (Å²) in [6.45, 7) is 4.01. The third-order valence-corrected chi connectivity index (χ3v) is 4.52. The average molecular weight is 395 g/mol. The molecule has 30 heavy (non-hydrogen) atoms. The van der Waals surface area contributed by atoms with Crippen molar-refractivity contribution in [2.45, 2.75) is 13.8 Å². The number of aryl methyl sites for hydroxylation is 2. The van der Waals surface area contributed by atoms with Crippen LogP contribution >= 0.6 is 0 Å². The number of carbonyl (C=O) groups is 1. The van der Waals surface area contributed by atoms with Crippen molar-refractivity contribution in [2.75, 3.05) is 5.32 Å². The van der Waals surface area contributed by atoms with Gasteiger partial charge in [0.2, 0.25) is 5.88 Å². The number of nitrogens with zero attached hydrogens (tertiary/aromatic N) is 2. The van der Waals surface area contributed by atoms with Gasteiger partial charge in [0, 0.05) is 29.1 Å². The Morgan fingerprint density at radius 1 is 0.867 bits per heavy atom. The summed E-state index contributed by atoms with van der Waals surface area (Å²) in [5, 5.41) is 2.90. The van der Waals surface area contributed by atoms with Gasteiger partial charge in [-0.2, -0.15) is 4.98 Å². The summed E-state index contributed by atoms with van der Waals surface area (Å²) in [6.07, 6.45) is 1.67. The van der Waals surface area contributed by atoms with Crippen molar-refractivity contribution in [3.05, 3.63) is 102 Å². The van der Waals surface area contributed by atoms with Crippen LogP contribution in [-0.2, 0) is 0 Å². The van der Waals surface area contributed by atoms with Crippen LogP contribution in [0.15, 0.2) is 85.1 Å². The average Bonchev–Trinajstić information content (AvgIpc) is 2.74. The van der Waals surface area contributed by atoms with E-state index in [1.165, 1.54) is 0 Å². The van der Waals surface area contributed by atoms with Gasteiger partial charge in [0.1, 0.15) is 5.75 Å². The highest BCUT2D eigenvalue weighted by Crippen LogP contribution is 2.23. The maximum Gasteiger partial charge on any atom is 0.255 e. The summed E-state index contributed by atoms with van der Waals surface area (Å²) in [4.78, 5) is 21.3. The third-order valence-electron chi connectivity index (χ3n) is 4.52. The van der Waals surface area contributed by atoms with E-state index in [0.717, 1.165) is 22.4 Å². The van der Waals surface area contributed by atoms with Crippen LogP contribution in [0.1, 0.15) is 21.5 Å². The molecule has 0 saturated carbocycles. The molecule has 0 spiro atoms. The molecule has 4 rings (SSSR count). The largest absolute Gasteiger partial charge is 0.439 e. The maximum absolute atomic E-state index is 12.5. The van der Waals surface area contributed by atoms with E-state index in [0.29, 0.717) is 23.0 Å². The number of anilines is 1. The summed E-state index contributed by atoms with van der Waals surface area (Å²) in [7, 11) is 0. The topological polar surface area (TPSA) is 64.1 Å². The number of hydrogen-bond donors (Lipinski definition) is 1. The maximum atomic E-state index is 12.5. The van der Waals surface area contributed by atoms with Crippen LogP contribution in [-0.4, -0.2) is 15.9 Å². The normalized spacial score (nSPS) is 10.5. The number of rotatable bonds is 5. The first kappa shape index (κ1) is 19.3. The van der Waals surface area contributed by atoms with Crippen LogP contribution in [0.4, 0.5) is 5.69 Å². The molecule has 0 atom stereocenters. The molecule has 4 aromatic rings. The van der Waals surface area contributed by atoms with E-state index in [-0.39, 0.29) is 5.91 Å². The fourth-order valence-corrected chi connectivity index (χ4v) is 3.04. The molecule has 3 aromatic carbocycles. The highest BCUT2D eigenvalue weighted by atomic mass is 16.5. The van der Waals surface area contributed by atoms with Gasteiger partial charge in [-0.3, -0.25) is 4.79 Å². The molecule has 5 heteroatoms. The smallest absolute Gasteiger partial charge is 0.255 e. The van der Waals surface area contributed by atoms with Crippen molar-refractivity contribution >= 4 is 11.6 Å². The highest BCUT2D eigenvalue weighted by Gasteiger charge is 2.08. The third kappa shape index (κ3) is 4.70. The molecule has 1 aromatic heterocycles. The van der Waals surface area contributed by atoms with Crippen LogP contribution in [0.5, 0.6) is 11.6 Å². The Morgan fingerprint density at radius 2 is 1.60 bits per heavy atom. The van der Waals surface area contributed by atoms with E-state index >= 15 is 0 Å². The second-order valence-corrected chi connectivity index (χ2v) is 7.04. The molecule has 5 nitrogen and oxygen atoms in total. The van der Waals surface area contributed by atoms with Crippen LogP contribution in [0.25, 0.3) is 11.4 Å². The monoisotopic (exact) mass is 395 g/mol. The van der Waals surface area contributed by atoms with Crippen LogP contribution in [0.2, 0.25) is 0 Å². The Balaban J connectivity index is 1.46. The van der Waals surface area contributed by atoms with Crippen molar-refractivity contribution in [1.82, 2.24) is 9.97 Å². The first-order chi connectivity index (χ1) is 14.6. The lowest BCUT2D eigenvalue weighted by Crippen LogP contribution is -2.11.